The molecule has 37 heavy (non-hydrogen) atoms. The summed E-state index contributed by atoms with van der Waals surface area (Å²) in [7, 11) is 0. The van der Waals surface area contributed by atoms with E-state index in [4.69, 9.17) is 15.3 Å². The number of carboxylic acid groups (broad SMARTS) is 3. The van der Waals surface area contributed by atoms with Crippen LogP contribution in [-0.2, 0) is 14.4 Å². The monoisotopic (exact) mass is 526 g/mol. The molecule has 0 aromatic carbocycles. The van der Waals surface area contributed by atoms with Crippen LogP contribution in [0.5, 0.6) is 0 Å². The fourth-order valence-corrected chi connectivity index (χ4v) is 5.06. The van der Waals surface area contributed by atoms with E-state index in [0.717, 1.165) is 19.4 Å². The molecular formula is C30H56NO6+. The lowest BCUT2D eigenvalue weighted by atomic mass is 10.1. The summed E-state index contributed by atoms with van der Waals surface area (Å²) in [6, 6.07) is 0. The van der Waals surface area contributed by atoms with Crippen LogP contribution in [0.1, 0.15) is 135 Å². The van der Waals surface area contributed by atoms with Crippen molar-refractivity contribution >= 4 is 17.9 Å². The number of aliphatic carboxylic acids is 3. The van der Waals surface area contributed by atoms with Gasteiger partial charge < -0.3 is 19.8 Å². The summed E-state index contributed by atoms with van der Waals surface area (Å²) in [4.78, 5) is 33.1. The first kappa shape index (κ1) is 35.1. The Morgan fingerprint density at radius 2 is 0.811 bits per heavy atom. The van der Waals surface area contributed by atoms with Gasteiger partial charge in [-0.15, -0.1) is 0 Å². The van der Waals surface area contributed by atoms with Crippen LogP contribution in [0, 0.1) is 0 Å². The summed E-state index contributed by atoms with van der Waals surface area (Å²) < 4.78 is 0.638. The molecule has 0 radical (unpaired) electrons. The Balaban J connectivity index is 4.30. The van der Waals surface area contributed by atoms with Crippen molar-refractivity contribution in [3.05, 3.63) is 12.2 Å². The van der Waals surface area contributed by atoms with Gasteiger partial charge in [-0.25, -0.2) is 0 Å². The molecule has 0 aromatic heterocycles. The molecular weight excluding hydrogens is 470 g/mol. The summed E-state index contributed by atoms with van der Waals surface area (Å²) in [5.41, 5.74) is 0. The molecule has 7 heteroatoms. The Labute approximate surface area is 225 Å². The van der Waals surface area contributed by atoms with Crippen LogP contribution in [0.3, 0.4) is 0 Å². The van der Waals surface area contributed by atoms with Crippen molar-refractivity contribution in [2.45, 2.75) is 135 Å². The van der Waals surface area contributed by atoms with Gasteiger partial charge in [0.15, 0.2) is 0 Å². The third-order valence-corrected chi connectivity index (χ3v) is 7.21. The Bertz CT molecular complexity index is 569. The van der Waals surface area contributed by atoms with Gasteiger partial charge in [0, 0.05) is 19.3 Å². The fraction of sp³-hybridized carbons (Fsp3) is 0.833. The normalized spacial score (nSPS) is 11.8. The Hall–Kier alpha value is -1.89. The predicted molar refractivity (Wildman–Crippen MR) is 150 cm³/mol. The zero-order valence-electron chi connectivity index (χ0n) is 23.6. The van der Waals surface area contributed by atoms with Gasteiger partial charge in [0.05, 0.1) is 45.4 Å². The maximum absolute atomic E-state index is 11.0. The van der Waals surface area contributed by atoms with E-state index in [9.17, 15) is 14.4 Å². The number of hydrogen-bond acceptors (Lipinski definition) is 3. The van der Waals surface area contributed by atoms with Gasteiger partial charge in [-0.05, 0) is 38.5 Å². The third-order valence-electron chi connectivity index (χ3n) is 7.21. The number of nitrogens with zero attached hydrogens (tertiary/aromatic N) is 1. The standard InChI is InChI=1S/C30H55NO6/c1-2-3-4-5-6-7-8-9-10-11-12-13-14-15-16-17-24-31(25-18-21-28(32)33,26-19-22-29(34)35)27-20-23-30(36)37/h8-9H,2-7,10-27H2,1H3,(H2-,32,33,34,35,36,37)/p+1/b9-8+. The zero-order valence-corrected chi connectivity index (χ0v) is 23.6. The Morgan fingerprint density at radius 1 is 0.486 bits per heavy atom. The van der Waals surface area contributed by atoms with Crippen molar-refractivity contribution in [3.63, 3.8) is 0 Å². The van der Waals surface area contributed by atoms with Gasteiger partial charge in [0.1, 0.15) is 0 Å². The first-order valence-electron chi connectivity index (χ1n) is 15.0. The van der Waals surface area contributed by atoms with Crippen molar-refractivity contribution in [3.8, 4) is 0 Å². The molecule has 0 atom stereocenters. The molecule has 0 aliphatic carbocycles. The molecule has 0 aliphatic heterocycles. The number of allylic oxidation sites excluding steroid dienone is 2. The molecule has 0 fully saturated rings. The van der Waals surface area contributed by atoms with Gasteiger partial charge in [-0.3, -0.25) is 14.4 Å². The van der Waals surface area contributed by atoms with Crippen LogP contribution in [0.25, 0.3) is 0 Å². The van der Waals surface area contributed by atoms with Crippen LogP contribution >= 0.6 is 0 Å². The van der Waals surface area contributed by atoms with Gasteiger partial charge in [-0.2, -0.15) is 0 Å². The molecule has 0 saturated carbocycles. The van der Waals surface area contributed by atoms with E-state index in [0.29, 0.717) is 43.4 Å². The first-order chi connectivity index (χ1) is 17.8. The molecule has 0 unspecified atom stereocenters. The van der Waals surface area contributed by atoms with Crippen LogP contribution < -0.4 is 0 Å². The van der Waals surface area contributed by atoms with Crippen molar-refractivity contribution in [2.75, 3.05) is 26.2 Å². The fourth-order valence-electron chi connectivity index (χ4n) is 5.06. The van der Waals surface area contributed by atoms with Gasteiger partial charge >= 0.3 is 17.9 Å². The summed E-state index contributed by atoms with van der Waals surface area (Å²) in [5, 5.41) is 27.2. The number of carbonyl (C=O) groups is 3. The maximum atomic E-state index is 11.0. The summed E-state index contributed by atoms with van der Waals surface area (Å²) in [6.45, 7) is 5.10. The summed E-state index contributed by atoms with van der Waals surface area (Å²) >= 11 is 0. The summed E-state index contributed by atoms with van der Waals surface area (Å²) in [5.74, 6) is -2.48. The molecule has 0 aromatic rings. The minimum atomic E-state index is -0.827. The highest BCUT2D eigenvalue weighted by Crippen LogP contribution is 2.18. The molecule has 0 bridgehead atoms. The minimum absolute atomic E-state index is 0.0893. The van der Waals surface area contributed by atoms with E-state index in [1.807, 2.05) is 0 Å². The van der Waals surface area contributed by atoms with Crippen molar-refractivity contribution < 1.29 is 34.2 Å². The number of quaternary nitrogens is 1. The maximum Gasteiger partial charge on any atom is 0.303 e. The number of hydrogen-bond donors (Lipinski definition) is 3. The minimum Gasteiger partial charge on any atom is -0.481 e. The smallest absolute Gasteiger partial charge is 0.303 e. The van der Waals surface area contributed by atoms with E-state index in [2.05, 4.69) is 19.1 Å². The highest BCUT2D eigenvalue weighted by Gasteiger charge is 2.27. The molecule has 0 heterocycles. The summed E-state index contributed by atoms with van der Waals surface area (Å²) in [6.07, 6.45) is 23.9. The van der Waals surface area contributed by atoms with Crippen molar-refractivity contribution in [1.29, 1.82) is 0 Å². The van der Waals surface area contributed by atoms with Crippen LogP contribution in [0.2, 0.25) is 0 Å². The number of carboxylic acids is 3. The third kappa shape index (κ3) is 24.2. The average molecular weight is 527 g/mol. The van der Waals surface area contributed by atoms with Crippen LogP contribution in [0.15, 0.2) is 12.2 Å². The molecule has 0 amide bonds. The van der Waals surface area contributed by atoms with Crippen LogP contribution in [-0.4, -0.2) is 63.9 Å². The molecule has 7 nitrogen and oxygen atoms in total. The van der Waals surface area contributed by atoms with Crippen LogP contribution in [0.4, 0.5) is 0 Å². The van der Waals surface area contributed by atoms with Gasteiger partial charge in [-0.1, -0.05) is 70.4 Å². The molecule has 216 valence electrons. The van der Waals surface area contributed by atoms with Crippen molar-refractivity contribution in [1.82, 2.24) is 0 Å². The van der Waals surface area contributed by atoms with E-state index >= 15 is 0 Å². The Kier molecular flexibility index (Phi) is 23.2. The Morgan fingerprint density at radius 3 is 1.19 bits per heavy atom. The molecule has 0 rings (SSSR count). The zero-order chi connectivity index (χ0) is 27.6. The molecule has 0 saturated heterocycles. The number of rotatable bonds is 28. The van der Waals surface area contributed by atoms with E-state index < -0.39 is 17.9 Å². The quantitative estimate of drug-likeness (QED) is 0.0555. The predicted octanol–water partition coefficient (Wildman–Crippen LogP) is 7.44. The van der Waals surface area contributed by atoms with Gasteiger partial charge in [0.2, 0.25) is 0 Å². The second-order valence-corrected chi connectivity index (χ2v) is 10.7. The number of unbranched alkanes of at least 4 members (excludes halogenated alkanes) is 12. The average Bonchev–Trinajstić information content (AvgIpc) is 2.83. The highest BCUT2D eigenvalue weighted by molar-refractivity contribution is 5.67. The lowest BCUT2D eigenvalue weighted by Crippen LogP contribution is -2.51. The second kappa shape index (κ2) is 24.4. The van der Waals surface area contributed by atoms with Crippen molar-refractivity contribution in [2.24, 2.45) is 0 Å². The largest absolute Gasteiger partial charge is 0.481 e. The lowest BCUT2D eigenvalue weighted by Gasteiger charge is -2.39. The topological polar surface area (TPSA) is 112 Å². The SMILES string of the molecule is CCCCCCC/C=C/CCCCCCCCC[N+](CCCC(=O)O)(CCCC(=O)O)CCCC(=O)O. The molecule has 3 N–H and O–H groups in total. The van der Waals surface area contributed by atoms with Gasteiger partial charge in [0.25, 0.3) is 0 Å². The van der Waals surface area contributed by atoms with E-state index in [1.165, 1.54) is 77.0 Å². The first-order valence-corrected chi connectivity index (χ1v) is 15.0. The van der Waals surface area contributed by atoms with E-state index in [1.54, 1.807) is 0 Å². The highest BCUT2D eigenvalue weighted by atomic mass is 16.4. The van der Waals surface area contributed by atoms with E-state index in [-0.39, 0.29) is 19.3 Å². The lowest BCUT2D eigenvalue weighted by molar-refractivity contribution is -0.929. The molecule has 0 spiro atoms. The molecule has 0 aliphatic rings. The second-order valence-electron chi connectivity index (χ2n) is 10.7.